The quantitative estimate of drug-likeness (QED) is 0.584. The van der Waals surface area contributed by atoms with Gasteiger partial charge in [-0.15, -0.1) is 0 Å². The van der Waals surface area contributed by atoms with Gasteiger partial charge in [-0.1, -0.05) is 32.0 Å². The molecule has 1 atom stereocenters. The fourth-order valence-electron chi connectivity index (χ4n) is 2.20. The Balaban J connectivity index is 2.11. The first-order chi connectivity index (χ1) is 11.0. The van der Waals surface area contributed by atoms with Gasteiger partial charge in [0.15, 0.2) is 5.96 Å². The minimum absolute atomic E-state index is 0.0387. The van der Waals surface area contributed by atoms with E-state index in [2.05, 4.69) is 24.2 Å². The number of amides is 1. The average Bonchev–Trinajstić information content (AvgIpc) is 2.54. The Morgan fingerprint density at radius 2 is 1.87 bits per heavy atom. The van der Waals surface area contributed by atoms with Crippen molar-refractivity contribution in [2.24, 2.45) is 16.5 Å². The zero-order valence-corrected chi connectivity index (χ0v) is 13.4. The zero-order valence-electron chi connectivity index (χ0n) is 13.4. The van der Waals surface area contributed by atoms with E-state index < -0.39 is 0 Å². The van der Waals surface area contributed by atoms with Crippen molar-refractivity contribution in [2.75, 3.05) is 5.32 Å². The fourth-order valence-corrected chi connectivity index (χ4v) is 2.20. The first kappa shape index (κ1) is 16.5. The molecule has 0 aliphatic rings. The molecule has 1 unspecified atom stereocenters. The summed E-state index contributed by atoms with van der Waals surface area (Å²) in [5.74, 6) is 0.271. The second-order valence-corrected chi connectivity index (χ2v) is 5.47. The lowest BCUT2D eigenvalue weighted by molar-refractivity contribution is 0.102. The third-order valence-electron chi connectivity index (χ3n) is 3.72. The van der Waals surface area contributed by atoms with Gasteiger partial charge < -0.3 is 16.8 Å². The standard InChI is InChI=1S/C18H22N4O/c1-3-12(2)13-7-9-15(10-8-13)21-17(23)14-5-4-6-16(11-14)22-18(19)20/h4-12H,3H2,1-2H3,(H,21,23)(H4,19,20,22). The molecule has 0 saturated heterocycles. The van der Waals surface area contributed by atoms with E-state index in [1.165, 1.54) is 5.56 Å². The van der Waals surface area contributed by atoms with Gasteiger partial charge in [0.25, 0.3) is 5.91 Å². The van der Waals surface area contributed by atoms with Gasteiger partial charge in [-0.3, -0.25) is 4.79 Å². The number of carbonyl (C=O) groups excluding carboxylic acids is 1. The highest BCUT2D eigenvalue weighted by molar-refractivity contribution is 6.04. The summed E-state index contributed by atoms with van der Waals surface area (Å²) in [5.41, 5.74) is 13.8. The van der Waals surface area contributed by atoms with Crippen molar-refractivity contribution in [1.82, 2.24) is 0 Å². The maximum absolute atomic E-state index is 12.3. The molecule has 5 heteroatoms. The summed E-state index contributed by atoms with van der Waals surface area (Å²) in [7, 11) is 0. The van der Waals surface area contributed by atoms with Crippen molar-refractivity contribution in [3.05, 3.63) is 59.7 Å². The number of nitrogens with one attached hydrogen (secondary N) is 1. The second-order valence-electron chi connectivity index (χ2n) is 5.47. The minimum atomic E-state index is -0.200. The van der Waals surface area contributed by atoms with Gasteiger partial charge in [-0.2, -0.15) is 0 Å². The number of nitrogens with two attached hydrogens (primary N) is 2. The van der Waals surface area contributed by atoms with Crippen LogP contribution in [0.5, 0.6) is 0 Å². The summed E-state index contributed by atoms with van der Waals surface area (Å²) >= 11 is 0. The van der Waals surface area contributed by atoms with Crippen LogP contribution in [0.2, 0.25) is 0 Å². The van der Waals surface area contributed by atoms with Gasteiger partial charge in [-0.05, 0) is 48.2 Å². The van der Waals surface area contributed by atoms with E-state index in [9.17, 15) is 4.79 Å². The first-order valence-corrected chi connectivity index (χ1v) is 7.60. The van der Waals surface area contributed by atoms with E-state index in [0.29, 0.717) is 17.2 Å². The number of hydrogen-bond acceptors (Lipinski definition) is 2. The Kier molecular flexibility index (Phi) is 5.36. The van der Waals surface area contributed by atoms with Crippen LogP contribution in [0.1, 0.15) is 42.1 Å². The Bertz CT molecular complexity index is 703. The lowest BCUT2D eigenvalue weighted by Crippen LogP contribution is -2.21. The molecule has 1 amide bonds. The molecule has 2 rings (SSSR count). The number of aliphatic imine (C=N–C) groups is 1. The summed E-state index contributed by atoms with van der Waals surface area (Å²) in [6.45, 7) is 4.34. The summed E-state index contributed by atoms with van der Waals surface area (Å²) in [6, 6.07) is 14.7. The van der Waals surface area contributed by atoms with E-state index in [0.717, 1.165) is 12.1 Å². The molecule has 0 heterocycles. The van der Waals surface area contributed by atoms with Crippen LogP contribution < -0.4 is 16.8 Å². The topological polar surface area (TPSA) is 93.5 Å². The van der Waals surface area contributed by atoms with E-state index >= 15 is 0 Å². The zero-order chi connectivity index (χ0) is 16.8. The Morgan fingerprint density at radius 1 is 1.17 bits per heavy atom. The molecule has 2 aromatic rings. The van der Waals surface area contributed by atoms with Crippen LogP contribution in [-0.2, 0) is 0 Å². The molecule has 0 radical (unpaired) electrons. The summed E-state index contributed by atoms with van der Waals surface area (Å²) in [6.07, 6.45) is 1.09. The summed E-state index contributed by atoms with van der Waals surface area (Å²) in [5, 5.41) is 2.87. The lowest BCUT2D eigenvalue weighted by Gasteiger charge is -2.10. The van der Waals surface area contributed by atoms with Crippen LogP contribution in [0.4, 0.5) is 11.4 Å². The predicted octanol–water partition coefficient (Wildman–Crippen LogP) is 3.36. The third kappa shape index (κ3) is 4.57. The largest absolute Gasteiger partial charge is 0.370 e. The van der Waals surface area contributed by atoms with E-state index in [1.807, 2.05) is 24.3 Å². The van der Waals surface area contributed by atoms with Crippen LogP contribution in [0, 0.1) is 0 Å². The molecule has 0 spiro atoms. The molecule has 0 saturated carbocycles. The highest BCUT2D eigenvalue weighted by atomic mass is 16.1. The number of anilines is 1. The van der Waals surface area contributed by atoms with Gasteiger partial charge in [0.05, 0.1) is 5.69 Å². The molecule has 120 valence electrons. The van der Waals surface area contributed by atoms with Crippen LogP contribution >= 0.6 is 0 Å². The molecule has 23 heavy (non-hydrogen) atoms. The van der Waals surface area contributed by atoms with Crippen LogP contribution in [0.3, 0.4) is 0 Å². The molecular weight excluding hydrogens is 288 g/mol. The van der Waals surface area contributed by atoms with E-state index in [-0.39, 0.29) is 11.9 Å². The maximum atomic E-state index is 12.3. The molecule has 5 N–H and O–H groups in total. The third-order valence-corrected chi connectivity index (χ3v) is 3.72. The fraction of sp³-hybridized carbons (Fsp3) is 0.222. The van der Waals surface area contributed by atoms with Crippen molar-refractivity contribution in [3.8, 4) is 0 Å². The molecule has 0 aliphatic heterocycles. The van der Waals surface area contributed by atoms with Crippen LogP contribution in [0.15, 0.2) is 53.5 Å². The number of nitrogens with zero attached hydrogens (tertiary/aromatic N) is 1. The Morgan fingerprint density at radius 3 is 2.48 bits per heavy atom. The van der Waals surface area contributed by atoms with Crippen molar-refractivity contribution >= 4 is 23.2 Å². The van der Waals surface area contributed by atoms with E-state index in [1.54, 1.807) is 24.3 Å². The number of benzene rings is 2. The minimum Gasteiger partial charge on any atom is -0.370 e. The molecular formula is C18H22N4O. The normalized spacial score (nSPS) is 11.6. The molecule has 0 aliphatic carbocycles. The summed E-state index contributed by atoms with van der Waals surface area (Å²) < 4.78 is 0. The van der Waals surface area contributed by atoms with Crippen LogP contribution in [0.25, 0.3) is 0 Å². The van der Waals surface area contributed by atoms with Crippen molar-refractivity contribution in [3.63, 3.8) is 0 Å². The highest BCUT2D eigenvalue weighted by Crippen LogP contribution is 2.21. The van der Waals surface area contributed by atoms with Crippen molar-refractivity contribution in [1.29, 1.82) is 0 Å². The van der Waals surface area contributed by atoms with Crippen molar-refractivity contribution in [2.45, 2.75) is 26.2 Å². The van der Waals surface area contributed by atoms with Gasteiger partial charge in [0, 0.05) is 11.3 Å². The Labute approximate surface area is 136 Å². The lowest BCUT2D eigenvalue weighted by atomic mass is 9.98. The monoisotopic (exact) mass is 310 g/mol. The first-order valence-electron chi connectivity index (χ1n) is 7.60. The number of guanidine groups is 1. The number of hydrogen-bond donors (Lipinski definition) is 3. The molecule has 5 nitrogen and oxygen atoms in total. The average molecular weight is 310 g/mol. The van der Waals surface area contributed by atoms with Gasteiger partial charge in [0.2, 0.25) is 0 Å². The molecule has 0 aromatic heterocycles. The van der Waals surface area contributed by atoms with Gasteiger partial charge in [-0.25, -0.2) is 4.99 Å². The SMILES string of the molecule is CCC(C)c1ccc(NC(=O)c2cccc(N=C(N)N)c2)cc1. The van der Waals surface area contributed by atoms with Crippen LogP contribution in [-0.4, -0.2) is 11.9 Å². The number of carbonyl (C=O) groups is 1. The molecule has 0 bridgehead atoms. The maximum Gasteiger partial charge on any atom is 0.255 e. The summed E-state index contributed by atoms with van der Waals surface area (Å²) in [4.78, 5) is 16.2. The smallest absolute Gasteiger partial charge is 0.255 e. The van der Waals surface area contributed by atoms with Crippen molar-refractivity contribution < 1.29 is 4.79 Å². The molecule has 2 aromatic carbocycles. The van der Waals surface area contributed by atoms with E-state index in [4.69, 9.17) is 11.5 Å². The second kappa shape index (κ2) is 7.45. The highest BCUT2D eigenvalue weighted by Gasteiger charge is 2.08. The Hall–Kier alpha value is -2.82. The van der Waals surface area contributed by atoms with Gasteiger partial charge >= 0.3 is 0 Å². The number of rotatable bonds is 5. The van der Waals surface area contributed by atoms with Gasteiger partial charge in [0.1, 0.15) is 0 Å². The molecule has 0 fully saturated rings. The predicted molar refractivity (Wildman–Crippen MR) is 95.0 cm³/mol.